The first kappa shape index (κ1) is 16.1. The van der Waals surface area contributed by atoms with Crippen LogP contribution in [0.5, 0.6) is 0 Å². The van der Waals surface area contributed by atoms with Gasteiger partial charge in [0, 0.05) is 35.6 Å². The standard InChI is InChI=1S/C18H19NO3S2/c1-24(21,22)19-11-15-9-16(20)10-18(15,12-19)23-17-7-6-13-4-2-3-5-14(13)8-17/h2-8,15H,9-12H2,1H3/t15-,18-/m0/s1. The second-order valence-electron chi connectivity index (χ2n) is 6.85. The van der Waals surface area contributed by atoms with Crippen LogP contribution >= 0.6 is 11.8 Å². The monoisotopic (exact) mass is 361 g/mol. The summed E-state index contributed by atoms with van der Waals surface area (Å²) < 4.78 is 25.1. The van der Waals surface area contributed by atoms with Gasteiger partial charge in [-0.1, -0.05) is 30.3 Å². The Morgan fingerprint density at radius 2 is 1.92 bits per heavy atom. The molecular weight excluding hydrogens is 342 g/mol. The summed E-state index contributed by atoms with van der Waals surface area (Å²) in [6, 6.07) is 14.5. The van der Waals surface area contributed by atoms with E-state index in [4.69, 9.17) is 0 Å². The Hall–Kier alpha value is -1.37. The van der Waals surface area contributed by atoms with Crippen molar-refractivity contribution in [2.24, 2.45) is 5.92 Å². The van der Waals surface area contributed by atoms with Gasteiger partial charge in [-0.15, -0.1) is 11.8 Å². The molecule has 126 valence electrons. The quantitative estimate of drug-likeness (QED) is 0.843. The zero-order valence-corrected chi connectivity index (χ0v) is 15.1. The normalized spacial score (nSPS) is 27.7. The van der Waals surface area contributed by atoms with Crippen molar-refractivity contribution < 1.29 is 13.2 Å². The first-order valence-corrected chi connectivity index (χ1v) is 10.7. The molecular formula is C18H19NO3S2. The van der Waals surface area contributed by atoms with Gasteiger partial charge in [0.2, 0.25) is 10.0 Å². The number of thioether (sulfide) groups is 1. The summed E-state index contributed by atoms with van der Waals surface area (Å²) in [5.41, 5.74) is 0. The average Bonchev–Trinajstić information content (AvgIpc) is 2.99. The van der Waals surface area contributed by atoms with E-state index < -0.39 is 10.0 Å². The molecule has 0 unspecified atom stereocenters. The molecule has 2 atom stereocenters. The van der Waals surface area contributed by atoms with Crippen molar-refractivity contribution in [2.45, 2.75) is 22.5 Å². The maximum Gasteiger partial charge on any atom is 0.211 e. The number of fused-ring (bicyclic) bond motifs is 2. The number of carbonyl (C=O) groups is 1. The third kappa shape index (κ3) is 2.76. The third-order valence-corrected chi connectivity index (χ3v) is 7.81. The molecule has 1 saturated carbocycles. The van der Waals surface area contributed by atoms with Crippen molar-refractivity contribution in [3.05, 3.63) is 42.5 Å². The predicted octanol–water partition coefficient (Wildman–Crippen LogP) is 2.93. The van der Waals surface area contributed by atoms with Crippen LogP contribution in [0.3, 0.4) is 0 Å². The molecule has 1 aliphatic carbocycles. The Morgan fingerprint density at radius 1 is 1.17 bits per heavy atom. The molecule has 0 bridgehead atoms. The number of benzene rings is 2. The van der Waals surface area contributed by atoms with Gasteiger partial charge in [0.15, 0.2) is 0 Å². The molecule has 1 saturated heterocycles. The van der Waals surface area contributed by atoms with Gasteiger partial charge in [0.05, 0.1) is 6.26 Å². The summed E-state index contributed by atoms with van der Waals surface area (Å²) in [4.78, 5) is 13.1. The van der Waals surface area contributed by atoms with Crippen LogP contribution in [0, 0.1) is 5.92 Å². The maximum atomic E-state index is 12.0. The molecule has 2 aliphatic rings. The van der Waals surface area contributed by atoms with Crippen LogP contribution in [0.25, 0.3) is 10.8 Å². The van der Waals surface area contributed by atoms with Gasteiger partial charge in [0.25, 0.3) is 0 Å². The molecule has 0 spiro atoms. The molecule has 24 heavy (non-hydrogen) atoms. The van der Waals surface area contributed by atoms with E-state index >= 15 is 0 Å². The fourth-order valence-corrected chi connectivity index (χ4v) is 6.47. The summed E-state index contributed by atoms with van der Waals surface area (Å²) in [6.07, 6.45) is 2.21. The molecule has 1 aliphatic heterocycles. The van der Waals surface area contributed by atoms with Crippen molar-refractivity contribution in [3.63, 3.8) is 0 Å². The smallest absolute Gasteiger partial charge is 0.211 e. The number of nitrogens with zero attached hydrogens (tertiary/aromatic N) is 1. The predicted molar refractivity (Wildman–Crippen MR) is 96.7 cm³/mol. The second-order valence-corrected chi connectivity index (χ2v) is 10.3. The zero-order valence-electron chi connectivity index (χ0n) is 13.4. The highest BCUT2D eigenvalue weighted by molar-refractivity contribution is 8.00. The van der Waals surface area contributed by atoms with Crippen molar-refractivity contribution in [1.82, 2.24) is 4.31 Å². The fraction of sp³-hybridized carbons (Fsp3) is 0.389. The summed E-state index contributed by atoms with van der Waals surface area (Å²) >= 11 is 1.68. The molecule has 0 amide bonds. The number of rotatable bonds is 3. The topological polar surface area (TPSA) is 54.5 Å². The molecule has 1 heterocycles. The van der Waals surface area contributed by atoms with Gasteiger partial charge in [-0.05, 0) is 28.8 Å². The highest BCUT2D eigenvalue weighted by Crippen LogP contribution is 2.52. The molecule has 2 fully saturated rings. The van der Waals surface area contributed by atoms with Gasteiger partial charge in [-0.3, -0.25) is 4.79 Å². The first-order valence-electron chi connectivity index (χ1n) is 8.00. The lowest BCUT2D eigenvalue weighted by Crippen LogP contribution is -2.34. The highest BCUT2D eigenvalue weighted by Gasteiger charge is 2.55. The lowest BCUT2D eigenvalue weighted by molar-refractivity contribution is -0.117. The van der Waals surface area contributed by atoms with E-state index in [9.17, 15) is 13.2 Å². The van der Waals surface area contributed by atoms with Gasteiger partial charge in [-0.2, -0.15) is 0 Å². The van der Waals surface area contributed by atoms with Gasteiger partial charge >= 0.3 is 0 Å². The van der Waals surface area contributed by atoms with E-state index in [0.29, 0.717) is 25.9 Å². The number of ketones is 1. The van der Waals surface area contributed by atoms with Crippen molar-refractivity contribution >= 4 is 38.3 Å². The molecule has 0 N–H and O–H groups in total. The Balaban J connectivity index is 1.68. The summed E-state index contributed by atoms with van der Waals surface area (Å²) in [5, 5.41) is 2.35. The van der Waals surface area contributed by atoms with Crippen LogP contribution in [-0.4, -0.2) is 42.6 Å². The number of sulfonamides is 1. The van der Waals surface area contributed by atoms with Gasteiger partial charge in [-0.25, -0.2) is 12.7 Å². The number of hydrogen-bond acceptors (Lipinski definition) is 4. The van der Waals surface area contributed by atoms with Gasteiger partial charge < -0.3 is 0 Å². The minimum atomic E-state index is -3.22. The summed E-state index contributed by atoms with van der Waals surface area (Å²) in [5.74, 6) is 0.359. The lowest BCUT2D eigenvalue weighted by Gasteiger charge is -2.27. The molecule has 2 aromatic rings. The highest BCUT2D eigenvalue weighted by atomic mass is 32.2. The van der Waals surface area contributed by atoms with E-state index in [1.807, 2.05) is 12.1 Å². The molecule has 2 aromatic carbocycles. The van der Waals surface area contributed by atoms with E-state index in [-0.39, 0.29) is 16.4 Å². The molecule has 4 rings (SSSR count). The largest absolute Gasteiger partial charge is 0.300 e. The van der Waals surface area contributed by atoms with Crippen LogP contribution < -0.4 is 0 Å². The molecule has 0 aromatic heterocycles. The Bertz CT molecular complexity index is 925. The minimum absolute atomic E-state index is 0.108. The molecule has 0 radical (unpaired) electrons. The van der Waals surface area contributed by atoms with E-state index in [0.717, 1.165) is 10.3 Å². The first-order chi connectivity index (χ1) is 11.4. The van der Waals surface area contributed by atoms with Crippen molar-refractivity contribution in [3.8, 4) is 0 Å². The fourth-order valence-electron chi connectivity index (χ4n) is 3.91. The van der Waals surface area contributed by atoms with E-state index in [1.54, 1.807) is 11.8 Å². The Labute approximate surface area is 146 Å². The van der Waals surface area contributed by atoms with E-state index in [1.165, 1.54) is 15.9 Å². The maximum absolute atomic E-state index is 12.0. The summed E-state index contributed by atoms with van der Waals surface area (Å²) in [7, 11) is -3.22. The van der Waals surface area contributed by atoms with Crippen LogP contribution in [0.15, 0.2) is 47.4 Å². The Kier molecular flexibility index (Phi) is 3.74. The summed E-state index contributed by atoms with van der Waals surface area (Å²) in [6.45, 7) is 0.894. The van der Waals surface area contributed by atoms with Gasteiger partial charge in [0.1, 0.15) is 5.78 Å². The molecule has 4 nitrogen and oxygen atoms in total. The zero-order chi connectivity index (χ0) is 16.9. The SMILES string of the molecule is CS(=O)(=O)N1C[C@@H]2CC(=O)C[C@]2(Sc2ccc3ccccc3c2)C1. The number of carbonyl (C=O) groups excluding carboxylic acids is 1. The average molecular weight is 361 g/mol. The number of hydrogen-bond donors (Lipinski definition) is 0. The van der Waals surface area contributed by atoms with Crippen molar-refractivity contribution in [1.29, 1.82) is 0 Å². The minimum Gasteiger partial charge on any atom is -0.300 e. The van der Waals surface area contributed by atoms with Crippen molar-refractivity contribution in [2.75, 3.05) is 19.3 Å². The second kappa shape index (κ2) is 5.58. The van der Waals surface area contributed by atoms with Crippen LogP contribution in [-0.2, 0) is 14.8 Å². The lowest BCUT2D eigenvalue weighted by atomic mass is 10.00. The van der Waals surface area contributed by atoms with Crippen LogP contribution in [0.4, 0.5) is 0 Å². The van der Waals surface area contributed by atoms with E-state index in [2.05, 4.69) is 30.3 Å². The van der Waals surface area contributed by atoms with Crippen LogP contribution in [0.1, 0.15) is 12.8 Å². The Morgan fingerprint density at radius 3 is 2.67 bits per heavy atom. The van der Waals surface area contributed by atoms with Crippen LogP contribution in [0.2, 0.25) is 0 Å². The third-order valence-electron chi connectivity index (χ3n) is 5.09. The number of Topliss-reactive ketones (excluding diaryl/α,β-unsaturated/α-hetero) is 1. The molecule has 6 heteroatoms.